The van der Waals surface area contributed by atoms with Crippen molar-refractivity contribution in [3.63, 3.8) is 0 Å². The molecule has 1 saturated heterocycles. The van der Waals surface area contributed by atoms with Gasteiger partial charge in [-0.3, -0.25) is 0 Å². The fourth-order valence-electron chi connectivity index (χ4n) is 3.07. The van der Waals surface area contributed by atoms with E-state index in [2.05, 4.69) is 16.9 Å². The smallest absolute Gasteiger partial charge is 0.341 e. The first kappa shape index (κ1) is 14.1. The minimum atomic E-state index is -0.340. The second-order valence-corrected chi connectivity index (χ2v) is 5.71. The van der Waals surface area contributed by atoms with Crippen molar-refractivity contribution in [2.24, 2.45) is 0 Å². The fourth-order valence-corrected chi connectivity index (χ4v) is 3.07. The Labute approximate surface area is 124 Å². The van der Waals surface area contributed by atoms with Crippen LogP contribution >= 0.6 is 0 Å². The molecule has 5 nitrogen and oxygen atoms in total. The quantitative estimate of drug-likeness (QED) is 0.812. The molecule has 0 aromatic carbocycles. The maximum atomic E-state index is 11.8. The summed E-state index contributed by atoms with van der Waals surface area (Å²) < 4.78 is 6.73. The van der Waals surface area contributed by atoms with E-state index in [9.17, 15) is 4.79 Å². The molecular formula is C16H21N3O2. The molecule has 1 fully saturated rings. The molecule has 0 spiro atoms. The van der Waals surface area contributed by atoms with Crippen LogP contribution in [-0.2, 0) is 11.2 Å². The van der Waals surface area contributed by atoms with Crippen LogP contribution in [0.1, 0.15) is 35.3 Å². The molecule has 0 bridgehead atoms. The molecule has 0 aliphatic carbocycles. The number of carbonyl (C=O) groups is 1. The second-order valence-electron chi connectivity index (χ2n) is 5.71. The molecule has 2 aromatic rings. The second kappa shape index (κ2) is 5.85. The van der Waals surface area contributed by atoms with Gasteiger partial charge in [-0.25, -0.2) is 9.78 Å². The van der Waals surface area contributed by atoms with Gasteiger partial charge in [0, 0.05) is 24.9 Å². The molecule has 1 aliphatic rings. The van der Waals surface area contributed by atoms with E-state index in [-0.39, 0.29) is 5.97 Å². The van der Waals surface area contributed by atoms with Crippen molar-refractivity contribution in [1.82, 2.24) is 14.3 Å². The Hall–Kier alpha value is -1.88. The number of likely N-dealkylation sites (N-methyl/N-ethyl adjacent to an activating group) is 1. The van der Waals surface area contributed by atoms with Crippen LogP contribution in [0.4, 0.5) is 0 Å². The van der Waals surface area contributed by atoms with Crippen LogP contribution in [0.15, 0.2) is 24.5 Å². The largest absolute Gasteiger partial charge is 0.465 e. The van der Waals surface area contributed by atoms with Gasteiger partial charge >= 0.3 is 5.97 Å². The van der Waals surface area contributed by atoms with Gasteiger partial charge in [0.1, 0.15) is 5.56 Å². The standard InChI is InChI=1S/C16H21N3O2/c1-18-8-4-3-6-13(18)10-12-11-19-9-5-7-14(15(19)17-12)16(20)21-2/h5,7,9,11,13H,3-4,6,8,10H2,1-2H3. The Balaban J connectivity index is 1.88. The third-order valence-electron chi connectivity index (χ3n) is 4.30. The SMILES string of the molecule is COC(=O)c1cccn2cc(CC3CCCCN3C)nc12. The zero-order chi connectivity index (χ0) is 14.8. The summed E-state index contributed by atoms with van der Waals surface area (Å²) in [6.45, 7) is 1.16. The summed E-state index contributed by atoms with van der Waals surface area (Å²) in [4.78, 5) is 18.9. The average Bonchev–Trinajstić information content (AvgIpc) is 2.91. The minimum absolute atomic E-state index is 0.340. The van der Waals surface area contributed by atoms with Crippen molar-refractivity contribution in [3.05, 3.63) is 35.8 Å². The van der Waals surface area contributed by atoms with Crippen LogP contribution in [0.3, 0.4) is 0 Å². The molecule has 2 aromatic heterocycles. The van der Waals surface area contributed by atoms with Gasteiger partial charge in [-0.2, -0.15) is 0 Å². The van der Waals surface area contributed by atoms with Gasteiger partial charge in [0.2, 0.25) is 0 Å². The highest BCUT2D eigenvalue weighted by molar-refractivity contribution is 5.95. The number of pyridine rings is 1. The summed E-state index contributed by atoms with van der Waals surface area (Å²) in [6.07, 6.45) is 8.65. The number of carbonyl (C=O) groups excluding carboxylic acids is 1. The van der Waals surface area contributed by atoms with E-state index in [0.717, 1.165) is 18.7 Å². The number of fused-ring (bicyclic) bond motifs is 1. The predicted octanol–water partition coefficient (Wildman–Crippen LogP) is 2.15. The molecule has 5 heteroatoms. The van der Waals surface area contributed by atoms with E-state index >= 15 is 0 Å². The summed E-state index contributed by atoms with van der Waals surface area (Å²) in [5.74, 6) is -0.340. The Morgan fingerprint density at radius 2 is 2.33 bits per heavy atom. The topological polar surface area (TPSA) is 46.8 Å². The number of piperidine rings is 1. The van der Waals surface area contributed by atoms with Crippen molar-refractivity contribution in [1.29, 1.82) is 0 Å². The lowest BCUT2D eigenvalue weighted by molar-refractivity contribution is 0.0602. The van der Waals surface area contributed by atoms with Crippen LogP contribution in [0.25, 0.3) is 5.65 Å². The molecule has 112 valence electrons. The van der Waals surface area contributed by atoms with E-state index in [0.29, 0.717) is 17.3 Å². The number of nitrogens with zero attached hydrogens (tertiary/aromatic N) is 3. The molecule has 0 amide bonds. The van der Waals surface area contributed by atoms with Crippen molar-refractivity contribution < 1.29 is 9.53 Å². The van der Waals surface area contributed by atoms with Crippen LogP contribution < -0.4 is 0 Å². The summed E-state index contributed by atoms with van der Waals surface area (Å²) in [6, 6.07) is 4.15. The van der Waals surface area contributed by atoms with Gasteiger partial charge in [-0.05, 0) is 38.6 Å². The first-order valence-electron chi connectivity index (χ1n) is 7.44. The number of likely N-dealkylation sites (tertiary alicyclic amines) is 1. The number of methoxy groups -OCH3 is 1. The molecule has 1 unspecified atom stereocenters. The van der Waals surface area contributed by atoms with E-state index in [1.165, 1.54) is 26.4 Å². The summed E-state index contributed by atoms with van der Waals surface area (Å²) in [5, 5.41) is 0. The zero-order valence-corrected chi connectivity index (χ0v) is 12.6. The Kier molecular flexibility index (Phi) is 3.92. The first-order valence-corrected chi connectivity index (χ1v) is 7.44. The molecule has 3 heterocycles. The molecule has 0 N–H and O–H groups in total. The Morgan fingerprint density at radius 1 is 1.48 bits per heavy atom. The number of hydrogen-bond acceptors (Lipinski definition) is 4. The van der Waals surface area contributed by atoms with E-state index < -0.39 is 0 Å². The summed E-state index contributed by atoms with van der Waals surface area (Å²) in [7, 11) is 3.58. The van der Waals surface area contributed by atoms with Gasteiger partial charge in [-0.1, -0.05) is 6.42 Å². The van der Waals surface area contributed by atoms with Crippen molar-refractivity contribution in [3.8, 4) is 0 Å². The van der Waals surface area contributed by atoms with Crippen molar-refractivity contribution in [2.75, 3.05) is 20.7 Å². The highest BCUT2D eigenvalue weighted by atomic mass is 16.5. The number of aromatic nitrogens is 2. The molecular weight excluding hydrogens is 266 g/mol. The normalized spacial score (nSPS) is 19.8. The number of esters is 1. The van der Waals surface area contributed by atoms with E-state index in [1.54, 1.807) is 6.07 Å². The molecule has 21 heavy (non-hydrogen) atoms. The predicted molar refractivity (Wildman–Crippen MR) is 80.5 cm³/mol. The van der Waals surface area contributed by atoms with Crippen LogP contribution in [0.2, 0.25) is 0 Å². The summed E-state index contributed by atoms with van der Waals surface area (Å²) in [5.41, 5.74) is 2.23. The lowest BCUT2D eigenvalue weighted by atomic mass is 9.99. The van der Waals surface area contributed by atoms with E-state index in [4.69, 9.17) is 4.74 Å². The molecule has 0 radical (unpaired) electrons. The average molecular weight is 287 g/mol. The Morgan fingerprint density at radius 3 is 3.10 bits per heavy atom. The van der Waals surface area contributed by atoms with E-state index in [1.807, 2.05) is 22.9 Å². The molecule has 1 atom stereocenters. The number of rotatable bonds is 3. The molecule has 0 saturated carbocycles. The molecule has 1 aliphatic heterocycles. The highest BCUT2D eigenvalue weighted by Gasteiger charge is 2.21. The lowest BCUT2D eigenvalue weighted by Gasteiger charge is -2.31. The number of imidazole rings is 1. The zero-order valence-electron chi connectivity index (χ0n) is 12.6. The molecule has 3 rings (SSSR count). The van der Waals surface area contributed by atoms with Crippen LogP contribution in [0, 0.1) is 0 Å². The lowest BCUT2D eigenvalue weighted by Crippen LogP contribution is -2.37. The van der Waals surface area contributed by atoms with Crippen LogP contribution in [0.5, 0.6) is 0 Å². The maximum Gasteiger partial charge on any atom is 0.341 e. The van der Waals surface area contributed by atoms with Gasteiger partial charge in [0.05, 0.1) is 12.8 Å². The minimum Gasteiger partial charge on any atom is -0.465 e. The van der Waals surface area contributed by atoms with Gasteiger partial charge in [0.25, 0.3) is 0 Å². The van der Waals surface area contributed by atoms with Gasteiger partial charge in [-0.15, -0.1) is 0 Å². The van der Waals surface area contributed by atoms with Crippen molar-refractivity contribution >= 4 is 11.6 Å². The Bertz CT molecular complexity index is 650. The number of ether oxygens (including phenoxy) is 1. The third-order valence-corrected chi connectivity index (χ3v) is 4.30. The monoisotopic (exact) mass is 287 g/mol. The van der Waals surface area contributed by atoms with Crippen LogP contribution in [-0.4, -0.2) is 47.0 Å². The fraction of sp³-hybridized carbons (Fsp3) is 0.500. The summed E-state index contributed by atoms with van der Waals surface area (Å²) >= 11 is 0. The highest BCUT2D eigenvalue weighted by Crippen LogP contribution is 2.20. The first-order chi connectivity index (χ1) is 10.2. The van der Waals surface area contributed by atoms with Crippen molar-refractivity contribution in [2.45, 2.75) is 31.7 Å². The van der Waals surface area contributed by atoms with Gasteiger partial charge in [0.15, 0.2) is 5.65 Å². The van der Waals surface area contributed by atoms with Gasteiger partial charge < -0.3 is 14.0 Å². The maximum absolute atomic E-state index is 11.8. The third kappa shape index (κ3) is 2.78. The number of hydrogen-bond donors (Lipinski definition) is 0.